The summed E-state index contributed by atoms with van der Waals surface area (Å²) in [7, 11) is 0. The first-order valence-electron chi connectivity index (χ1n) is 8.15. The zero-order chi connectivity index (χ0) is 15.8. The Morgan fingerprint density at radius 3 is 2.52 bits per heavy atom. The van der Waals surface area contributed by atoms with Crippen LogP contribution in [0.15, 0.2) is 36.7 Å². The highest BCUT2D eigenvalue weighted by Crippen LogP contribution is 2.38. The van der Waals surface area contributed by atoms with Gasteiger partial charge in [0, 0.05) is 17.7 Å². The van der Waals surface area contributed by atoms with Crippen molar-refractivity contribution < 1.29 is 5.11 Å². The molecule has 3 aromatic rings. The fraction of sp³-hybridized carbons (Fsp3) is 0.333. The highest BCUT2D eigenvalue weighted by molar-refractivity contribution is 5.71. The first-order chi connectivity index (χ1) is 11.2. The molecule has 2 heterocycles. The van der Waals surface area contributed by atoms with Crippen molar-refractivity contribution in [2.24, 2.45) is 0 Å². The predicted octanol–water partition coefficient (Wildman–Crippen LogP) is 3.73. The lowest BCUT2D eigenvalue weighted by Crippen LogP contribution is -2.12. The van der Waals surface area contributed by atoms with Crippen LogP contribution in [0.5, 0.6) is 5.75 Å². The van der Waals surface area contributed by atoms with E-state index < -0.39 is 0 Å². The molecule has 2 aromatic heterocycles. The van der Waals surface area contributed by atoms with Crippen LogP contribution < -0.4 is 5.73 Å². The maximum atomic E-state index is 9.55. The standard InChI is InChI=1S/C18H20N4O/c19-16-11-21-22-17(13-4-2-1-3-5-13)15(10-20-18(16)22)12-6-8-14(23)9-7-12/h6-11,13,23H,1-5,19H2. The fourth-order valence-electron chi connectivity index (χ4n) is 3.60. The summed E-state index contributed by atoms with van der Waals surface area (Å²) in [6.07, 6.45) is 9.72. The van der Waals surface area contributed by atoms with Crippen molar-refractivity contribution in [3.8, 4) is 16.9 Å². The molecule has 4 rings (SSSR count). The second-order valence-corrected chi connectivity index (χ2v) is 6.27. The average molecular weight is 308 g/mol. The Balaban J connectivity index is 1.93. The maximum Gasteiger partial charge on any atom is 0.178 e. The summed E-state index contributed by atoms with van der Waals surface area (Å²) in [5, 5.41) is 14.0. The van der Waals surface area contributed by atoms with Crippen LogP contribution >= 0.6 is 0 Å². The summed E-state index contributed by atoms with van der Waals surface area (Å²) in [6, 6.07) is 7.28. The Kier molecular flexibility index (Phi) is 3.41. The normalized spacial score (nSPS) is 16.0. The number of rotatable bonds is 2. The molecule has 1 fully saturated rings. The van der Waals surface area contributed by atoms with Crippen molar-refractivity contribution in [2.45, 2.75) is 38.0 Å². The van der Waals surface area contributed by atoms with Crippen molar-refractivity contribution in [3.05, 3.63) is 42.4 Å². The number of nitrogen functional groups attached to an aromatic ring is 1. The van der Waals surface area contributed by atoms with Gasteiger partial charge in [-0.3, -0.25) is 0 Å². The molecular formula is C18H20N4O. The van der Waals surface area contributed by atoms with E-state index in [1.165, 1.54) is 37.8 Å². The molecule has 5 heteroatoms. The molecule has 1 aromatic carbocycles. The molecule has 3 N–H and O–H groups in total. The number of hydrogen-bond donors (Lipinski definition) is 2. The molecule has 1 aliphatic rings. The van der Waals surface area contributed by atoms with Gasteiger partial charge in [0.1, 0.15) is 5.75 Å². The van der Waals surface area contributed by atoms with Gasteiger partial charge in [0.25, 0.3) is 0 Å². The lowest BCUT2D eigenvalue weighted by Gasteiger charge is -2.24. The molecule has 0 amide bonds. The SMILES string of the molecule is Nc1cnn2c(C3CCCCC3)c(-c3ccc(O)cc3)cnc12. The Hall–Kier alpha value is -2.56. The second-order valence-electron chi connectivity index (χ2n) is 6.27. The number of nitrogens with two attached hydrogens (primary N) is 1. The summed E-state index contributed by atoms with van der Waals surface area (Å²) < 4.78 is 1.91. The zero-order valence-corrected chi connectivity index (χ0v) is 12.9. The molecule has 0 radical (unpaired) electrons. The van der Waals surface area contributed by atoms with Gasteiger partial charge in [0.15, 0.2) is 5.65 Å². The van der Waals surface area contributed by atoms with Gasteiger partial charge >= 0.3 is 0 Å². The molecule has 1 saturated carbocycles. The topological polar surface area (TPSA) is 76.4 Å². The van der Waals surface area contributed by atoms with Gasteiger partial charge in [-0.15, -0.1) is 0 Å². The number of phenolic OH excluding ortho intramolecular Hbond substituents is 1. The van der Waals surface area contributed by atoms with E-state index in [0.717, 1.165) is 16.8 Å². The maximum absolute atomic E-state index is 9.55. The quantitative estimate of drug-likeness (QED) is 0.756. The molecule has 1 aliphatic carbocycles. The van der Waals surface area contributed by atoms with Crippen LogP contribution in [0.2, 0.25) is 0 Å². The van der Waals surface area contributed by atoms with E-state index in [9.17, 15) is 5.11 Å². The van der Waals surface area contributed by atoms with Gasteiger partial charge in [0.05, 0.1) is 17.6 Å². The van der Waals surface area contributed by atoms with Crippen LogP contribution in [0, 0.1) is 0 Å². The van der Waals surface area contributed by atoms with Crippen molar-refractivity contribution in [1.29, 1.82) is 0 Å². The third-order valence-corrected chi connectivity index (χ3v) is 4.76. The second kappa shape index (κ2) is 5.57. The van der Waals surface area contributed by atoms with Gasteiger partial charge in [-0.1, -0.05) is 31.4 Å². The van der Waals surface area contributed by atoms with E-state index in [1.54, 1.807) is 18.3 Å². The monoisotopic (exact) mass is 308 g/mol. The van der Waals surface area contributed by atoms with E-state index in [1.807, 2.05) is 22.8 Å². The molecule has 0 bridgehead atoms. The predicted molar refractivity (Wildman–Crippen MR) is 90.3 cm³/mol. The van der Waals surface area contributed by atoms with Gasteiger partial charge in [0.2, 0.25) is 0 Å². The van der Waals surface area contributed by atoms with Gasteiger partial charge < -0.3 is 10.8 Å². The summed E-state index contributed by atoms with van der Waals surface area (Å²) in [6.45, 7) is 0. The molecule has 23 heavy (non-hydrogen) atoms. The third-order valence-electron chi connectivity index (χ3n) is 4.76. The number of fused-ring (bicyclic) bond motifs is 1. The highest BCUT2D eigenvalue weighted by Gasteiger charge is 2.23. The minimum atomic E-state index is 0.269. The molecule has 0 aliphatic heterocycles. The van der Waals surface area contributed by atoms with Gasteiger partial charge in [-0.05, 0) is 30.5 Å². The van der Waals surface area contributed by atoms with Gasteiger partial charge in [-0.25, -0.2) is 9.50 Å². The number of benzene rings is 1. The molecule has 0 spiro atoms. The summed E-state index contributed by atoms with van der Waals surface area (Å²) in [5.41, 5.74) is 10.7. The van der Waals surface area contributed by atoms with Crippen LogP contribution in [0.25, 0.3) is 16.8 Å². The third kappa shape index (κ3) is 2.42. The van der Waals surface area contributed by atoms with E-state index in [2.05, 4.69) is 10.1 Å². The van der Waals surface area contributed by atoms with Crippen molar-refractivity contribution in [3.63, 3.8) is 0 Å². The zero-order valence-electron chi connectivity index (χ0n) is 12.9. The lowest BCUT2D eigenvalue weighted by atomic mass is 9.84. The largest absolute Gasteiger partial charge is 0.508 e. The van der Waals surface area contributed by atoms with Crippen molar-refractivity contribution in [1.82, 2.24) is 14.6 Å². The average Bonchev–Trinajstić information content (AvgIpc) is 2.97. The molecule has 118 valence electrons. The van der Waals surface area contributed by atoms with E-state index in [0.29, 0.717) is 11.6 Å². The number of hydrogen-bond acceptors (Lipinski definition) is 4. The molecule has 0 atom stereocenters. The van der Waals surface area contributed by atoms with E-state index >= 15 is 0 Å². The minimum Gasteiger partial charge on any atom is -0.508 e. The van der Waals surface area contributed by atoms with Crippen molar-refractivity contribution in [2.75, 3.05) is 5.73 Å². The Morgan fingerprint density at radius 1 is 1.04 bits per heavy atom. The smallest absolute Gasteiger partial charge is 0.178 e. The molecule has 0 unspecified atom stereocenters. The molecule has 0 saturated heterocycles. The van der Waals surface area contributed by atoms with Crippen molar-refractivity contribution >= 4 is 11.3 Å². The summed E-state index contributed by atoms with van der Waals surface area (Å²) in [5.74, 6) is 0.739. The summed E-state index contributed by atoms with van der Waals surface area (Å²) in [4.78, 5) is 4.51. The van der Waals surface area contributed by atoms with Crippen LogP contribution in [0.1, 0.15) is 43.7 Å². The summed E-state index contributed by atoms with van der Waals surface area (Å²) >= 11 is 0. The van der Waals surface area contributed by atoms with Crippen LogP contribution in [-0.2, 0) is 0 Å². The first-order valence-corrected chi connectivity index (χ1v) is 8.15. The number of anilines is 1. The number of aromatic hydroxyl groups is 1. The molecule has 5 nitrogen and oxygen atoms in total. The molecular weight excluding hydrogens is 288 g/mol. The minimum absolute atomic E-state index is 0.269. The first kappa shape index (κ1) is 14.1. The number of nitrogens with zero attached hydrogens (tertiary/aromatic N) is 3. The Labute approximate surface area is 134 Å². The lowest BCUT2D eigenvalue weighted by molar-refractivity contribution is 0.431. The Bertz CT molecular complexity index is 832. The van der Waals surface area contributed by atoms with E-state index in [-0.39, 0.29) is 5.75 Å². The number of aromatic nitrogens is 3. The van der Waals surface area contributed by atoms with Crippen LogP contribution in [0.4, 0.5) is 5.69 Å². The van der Waals surface area contributed by atoms with Gasteiger partial charge in [-0.2, -0.15) is 5.10 Å². The van der Waals surface area contributed by atoms with Crippen LogP contribution in [0.3, 0.4) is 0 Å². The van der Waals surface area contributed by atoms with E-state index in [4.69, 9.17) is 5.73 Å². The van der Waals surface area contributed by atoms with Crippen LogP contribution in [-0.4, -0.2) is 19.7 Å². The highest BCUT2D eigenvalue weighted by atomic mass is 16.3. The fourth-order valence-corrected chi connectivity index (χ4v) is 3.60. The Morgan fingerprint density at radius 2 is 1.78 bits per heavy atom. The number of phenols is 1.